The third-order valence-electron chi connectivity index (χ3n) is 9.68. The van der Waals surface area contributed by atoms with E-state index in [9.17, 15) is 0 Å². The van der Waals surface area contributed by atoms with Gasteiger partial charge in [0, 0.05) is 49.6 Å². The van der Waals surface area contributed by atoms with Crippen LogP contribution in [0, 0.1) is 0 Å². The Bertz CT molecular complexity index is 2810. The van der Waals surface area contributed by atoms with Crippen molar-refractivity contribution in [2.75, 3.05) is 4.90 Å². The van der Waals surface area contributed by atoms with Crippen molar-refractivity contribution in [1.82, 2.24) is 0 Å². The van der Waals surface area contributed by atoms with Gasteiger partial charge in [0.1, 0.15) is 22.3 Å². The van der Waals surface area contributed by atoms with Crippen molar-refractivity contribution in [1.29, 1.82) is 0 Å². The first-order chi connectivity index (χ1) is 24.3. The number of hydrogen-bond donors (Lipinski definition) is 0. The van der Waals surface area contributed by atoms with E-state index in [-0.39, 0.29) is 0 Å². The topological polar surface area (TPSA) is 29.5 Å². The Kier molecular flexibility index (Phi) is 6.18. The van der Waals surface area contributed by atoms with Crippen LogP contribution >= 0.6 is 0 Å². The van der Waals surface area contributed by atoms with Crippen LogP contribution < -0.4 is 4.90 Å². The van der Waals surface area contributed by atoms with E-state index in [1.54, 1.807) is 0 Å². The summed E-state index contributed by atoms with van der Waals surface area (Å²) in [6.45, 7) is 0. The van der Waals surface area contributed by atoms with Gasteiger partial charge in [-0.15, -0.1) is 0 Å². The van der Waals surface area contributed by atoms with Crippen LogP contribution in [0.25, 0.3) is 76.9 Å². The number of furan rings is 2. The minimum absolute atomic E-state index is 0.900. The molecule has 2 aromatic heterocycles. The molecule has 0 bridgehead atoms. The fourth-order valence-electron chi connectivity index (χ4n) is 7.37. The average Bonchev–Trinajstić information content (AvgIpc) is 3.75. The summed E-state index contributed by atoms with van der Waals surface area (Å²) in [5.74, 6) is 0. The number of para-hydroxylation sites is 3. The lowest BCUT2D eigenvalue weighted by Gasteiger charge is -2.26. The first-order valence-corrected chi connectivity index (χ1v) is 16.6. The maximum absolute atomic E-state index is 6.47. The van der Waals surface area contributed by atoms with E-state index in [2.05, 4.69) is 169 Å². The zero-order chi connectivity index (χ0) is 32.3. The summed E-state index contributed by atoms with van der Waals surface area (Å²) >= 11 is 0. The second kappa shape index (κ2) is 11.0. The molecule has 49 heavy (non-hydrogen) atoms. The van der Waals surface area contributed by atoms with Crippen molar-refractivity contribution in [2.24, 2.45) is 0 Å². The maximum atomic E-state index is 6.47. The molecule has 0 aliphatic rings. The van der Waals surface area contributed by atoms with Gasteiger partial charge < -0.3 is 13.7 Å². The molecule has 0 aliphatic heterocycles. The van der Waals surface area contributed by atoms with E-state index in [4.69, 9.17) is 8.83 Å². The van der Waals surface area contributed by atoms with Gasteiger partial charge in [-0.1, -0.05) is 121 Å². The van der Waals surface area contributed by atoms with Gasteiger partial charge in [-0.05, 0) is 76.7 Å². The standard InChI is InChI=1S/C46H29NO2/c1-2-11-33(12-3-1)47(35-27-22-32(23-28-35)38-16-8-17-40-39-14-6-7-18-42(39)48-45(38)40)34-25-20-31(21-26-34)36-15-9-19-43-44(36)41-29-24-30-10-4-5-13-37(30)46(41)49-43/h1-29H. The highest BCUT2D eigenvalue weighted by Crippen LogP contribution is 2.42. The summed E-state index contributed by atoms with van der Waals surface area (Å²) in [5, 5.41) is 6.87. The highest BCUT2D eigenvalue weighted by Gasteiger charge is 2.17. The molecule has 10 rings (SSSR count). The van der Waals surface area contributed by atoms with Crippen LogP contribution in [0.1, 0.15) is 0 Å². The summed E-state index contributed by atoms with van der Waals surface area (Å²) in [5.41, 5.74) is 11.4. The number of anilines is 3. The van der Waals surface area contributed by atoms with Crippen LogP contribution in [-0.4, -0.2) is 0 Å². The third-order valence-corrected chi connectivity index (χ3v) is 9.68. The van der Waals surface area contributed by atoms with Gasteiger partial charge in [0.2, 0.25) is 0 Å². The minimum Gasteiger partial charge on any atom is -0.455 e. The second-order valence-corrected chi connectivity index (χ2v) is 12.5. The third kappa shape index (κ3) is 4.44. The molecule has 8 aromatic carbocycles. The number of rotatable bonds is 5. The van der Waals surface area contributed by atoms with E-state index in [0.29, 0.717) is 0 Å². The fourth-order valence-corrected chi connectivity index (χ4v) is 7.37. The molecule has 0 radical (unpaired) electrons. The number of nitrogens with zero attached hydrogens (tertiary/aromatic N) is 1. The quantitative estimate of drug-likeness (QED) is 0.190. The lowest BCUT2D eigenvalue weighted by Crippen LogP contribution is -2.09. The average molecular weight is 628 g/mol. The molecule has 3 nitrogen and oxygen atoms in total. The normalized spacial score (nSPS) is 11.7. The number of benzene rings is 8. The molecule has 2 heterocycles. The predicted molar refractivity (Wildman–Crippen MR) is 204 cm³/mol. The zero-order valence-corrected chi connectivity index (χ0v) is 26.5. The smallest absolute Gasteiger partial charge is 0.143 e. The first kappa shape index (κ1) is 27.5. The summed E-state index contributed by atoms with van der Waals surface area (Å²) in [6, 6.07) is 61.9. The zero-order valence-electron chi connectivity index (χ0n) is 26.5. The van der Waals surface area contributed by atoms with E-state index in [1.807, 2.05) is 12.1 Å². The lowest BCUT2D eigenvalue weighted by molar-refractivity contribution is 0.670. The second-order valence-electron chi connectivity index (χ2n) is 12.5. The molecular formula is C46H29NO2. The molecule has 230 valence electrons. The van der Waals surface area contributed by atoms with E-state index < -0.39 is 0 Å². The molecule has 0 fully saturated rings. The lowest BCUT2D eigenvalue weighted by atomic mass is 9.98. The van der Waals surface area contributed by atoms with Gasteiger partial charge in [0.15, 0.2) is 0 Å². The summed E-state index contributed by atoms with van der Waals surface area (Å²) in [6.07, 6.45) is 0. The Morgan fingerprint density at radius 2 is 0.898 bits per heavy atom. The van der Waals surface area contributed by atoms with Crippen molar-refractivity contribution in [2.45, 2.75) is 0 Å². The Labute approximate surface area is 282 Å². The molecule has 0 N–H and O–H groups in total. The summed E-state index contributed by atoms with van der Waals surface area (Å²) in [7, 11) is 0. The molecule has 0 unspecified atom stereocenters. The number of fused-ring (bicyclic) bond motifs is 8. The summed E-state index contributed by atoms with van der Waals surface area (Å²) < 4.78 is 12.8. The van der Waals surface area contributed by atoms with Crippen molar-refractivity contribution in [3.05, 3.63) is 176 Å². The molecule has 0 amide bonds. The highest BCUT2D eigenvalue weighted by atomic mass is 16.3. The van der Waals surface area contributed by atoms with Crippen molar-refractivity contribution < 1.29 is 8.83 Å². The van der Waals surface area contributed by atoms with Crippen molar-refractivity contribution >= 4 is 71.7 Å². The Morgan fingerprint density at radius 3 is 1.69 bits per heavy atom. The Morgan fingerprint density at radius 1 is 0.327 bits per heavy atom. The molecule has 3 heteroatoms. The first-order valence-electron chi connectivity index (χ1n) is 16.6. The van der Waals surface area contributed by atoms with Gasteiger partial charge in [-0.25, -0.2) is 0 Å². The van der Waals surface area contributed by atoms with E-state index in [0.717, 1.165) is 88.6 Å². The highest BCUT2D eigenvalue weighted by molar-refractivity contribution is 6.19. The van der Waals surface area contributed by atoms with Crippen LogP contribution in [0.2, 0.25) is 0 Å². The minimum atomic E-state index is 0.900. The molecule has 0 spiro atoms. The van der Waals surface area contributed by atoms with Gasteiger partial charge in [-0.3, -0.25) is 0 Å². The number of hydrogen-bond acceptors (Lipinski definition) is 3. The molecule has 0 atom stereocenters. The molecular weight excluding hydrogens is 599 g/mol. The van der Waals surface area contributed by atoms with Crippen molar-refractivity contribution in [3.8, 4) is 22.3 Å². The van der Waals surface area contributed by atoms with Gasteiger partial charge >= 0.3 is 0 Å². The van der Waals surface area contributed by atoms with Crippen LogP contribution in [0.15, 0.2) is 185 Å². The van der Waals surface area contributed by atoms with Gasteiger partial charge in [0.05, 0.1) is 0 Å². The summed E-state index contributed by atoms with van der Waals surface area (Å²) in [4.78, 5) is 2.30. The van der Waals surface area contributed by atoms with Gasteiger partial charge in [-0.2, -0.15) is 0 Å². The van der Waals surface area contributed by atoms with E-state index in [1.165, 1.54) is 5.39 Å². The molecule has 0 aliphatic carbocycles. The van der Waals surface area contributed by atoms with Crippen molar-refractivity contribution in [3.63, 3.8) is 0 Å². The molecule has 10 aromatic rings. The van der Waals surface area contributed by atoms with Crippen LogP contribution in [-0.2, 0) is 0 Å². The van der Waals surface area contributed by atoms with Gasteiger partial charge in [0.25, 0.3) is 0 Å². The molecule has 0 saturated carbocycles. The van der Waals surface area contributed by atoms with E-state index >= 15 is 0 Å². The molecule has 0 saturated heterocycles. The maximum Gasteiger partial charge on any atom is 0.143 e. The van der Waals surface area contributed by atoms with Crippen LogP contribution in [0.4, 0.5) is 17.1 Å². The monoisotopic (exact) mass is 627 g/mol. The largest absolute Gasteiger partial charge is 0.455 e. The van der Waals surface area contributed by atoms with Crippen LogP contribution in [0.3, 0.4) is 0 Å². The Balaban J connectivity index is 1.05. The Hall–Kier alpha value is -6.58. The predicted octanol–water partition coefficient (Wildman–Crippen LogP) is 13.4. The SMILES string of the molecule is c1ccc(N(c2ccc(-c3cccc4c3oc3ccccc34)cc2)c2ccc(-c3cccc4oc5c6ccccc6ccc5c34)cc2)cc1. The fraction of sp³-hybridized carbons (Fsp3) is 0. The van der Waals surface area contributed by atoms with Crippen LogP contribution in [0.5, 0.6) is 0 Å².